The van der Waals surface area contributed by atoms with Crippen LogP contribution in [0.3, 0.4) is 0 Å². The molecule has 1 aromatic carbocycles. The lowest BCUT2D eigenvalue weighted by molar-refractivity contribution is -0.384. The first-order valence-corrected chi connectivity index (χ1v) is 4.76. The van der Waals surface area contributed by atoms with E-state index in [0.717, 1.165) is 0 Å². The molecule has 0 unspecified atom stereocenters. The van der Waals surface area contributed by atoms with Crippen LogP contribution in [-0.4, -0.2) is 23.5 Å². The fourth-order valence-electron chi connectivity index (χ4n) is 1.74. The zero-order chi connectivity index (χ0) is 11.7. The summed E-state index contributed by atoms with van der Waals surface area (Å²) < 4.78 is 12.4. The van der Waals surface area contributed by atoms with E-state index < -0.39 is 23.5 Å². The van der Waals surface area contributed by atoms with Gasteiger partial charge in [-0.15, -0.1) is 0 Å². The predicted molar refractivity (Wildman–Crippen MR) is 54.0 cm³/mol. The van der Waals surface area contributed by atoms with Crippen molar-refractivity contribution in [1.82, 2.24) is 5.32 Å². The predicted octanol–water partition coefficient (Wildman–Crippen LogP) is 1.22. The number of alkyl halides is 1. The summed E-state index contributed by atoms with van der Waals surface area (Å²) in [5, 5.41) is 13.0. The maximum atomic E-state index is 12.4. The van der Waals surface area contributed by atoms with Gasteiger partial charge >= 0.3 is 0 Å². The normalized spacial score (nSPS) is 18.8. The van der Waals surface area contributed by atoms with Crippen molar-refractivity contribution in [2.75, 3.05) is 6.67 Å². The molecular weight excluding hydrogens is 215 g/mol. The van der Waals surface area contributed by atoms with Crippen LogP contribution in [0.25, 0.3) is 0 Å². The van der Waals surface area contributed by atoms with Crippen molar-refractivity contribution in [3.63, 3.8) is 0 Å². The van der Waals surface area contributed by atoms with E-state index in [9.17, 15) is 19.3 Å². The van der Waals surface area contributed by atoms with Crippen molar-refractivity contribution in [1.29, 1.82) is 0 Å². The Hall–Kier alpha value is -1.98. The Morgan fingerprint density at radius 3 is 2.94 bits per heavy atom. The minimum atomic E-state index is -0.637. The molecule has 0 saturated carbocycles. The molecule has 2 rings (SSSR count). The van der Waals surface area contributed by atoms with E-state index in [1.54, 1.807) is 0 Å². The summed E-state index contributed by atoms with van der Waals surface area (Å²) in [4.78, 5) is 21.5. The number of fused-ring (bicyclic) bond motifs is 1. The Bertz CT molecular complexity index is 461. The van der Waals surface area contributed by atoms with E-state index in [4.69, 9.17) is 0 Å². The molecule has 0 aliphatic carbocycles. The highest BCUT2D eigenvalue weighted by molar-refractivity contribution is 5.97. The third-order valence-electron chi connectivity index (χ3n) is 2.54. The molecule has 1 aliphatic rings. The van der Waals surface area contributed by atoms with E-state index in [1.165, 1.54) is 18.2 Å². The number of nitro groups is 1. The van der Waals surface area contributed by atoms with Crippen LogP contribution in [0.5, 0.6) is 0 Å². The number of carbonyl (C=O) groups excluding carboxylic acids is 1. The van der Waals surface area contributed by atoms with Crippen LogP contribution in [0.1, 0.15) is 15.9 Å². The molecule has 0 saturated heterocycles. The van der Waals surface area contributed by atoms with Gasteiger partial charge in [0.05, 0.1) is 11.0 Å². The smallest absolute Gasteiger partial charge is 0.270 e. The van der Waals surface area contributed by atoms with Crippen molar-refractivity contribution in [3.8, 4) is 0 Å². The molecular formula is C10H9FN2O3. The maximum Gasteiger partial charge on any atom is 0.270 e. The highest BCUT2D eigenvalue weighted by Crippen LogP contribution is 2.22. The number of rotatable bonds is 2. The Morgan fingerprint density at radius 1 is 1.56 bits per heavy atom. The Labute approximate surface area is 90.4 Å². The highest BCUT2D eigenvalue weighted by atomic mass is 19.1. The summed E-state index contributed by atoms with van der Waals surface area (Å²) >= 11 is 0. The van der Waals surface area contributed by atoms with E-state index in [2.05, 4.69) is 5.32 Å². The standard InChI is InChI=1S/C10H9FN2O3/c11-5-7-3-6-1-2-8(13(15)16)4-9(6)10(14)12-7/h1-2,4,7H,3,5H2,(H,12,14)/t7-/m0/s1. The molecule has 1 N–H and O–H groups in total. The van der Waals surface area contributed by atoms with Crippen LogP contribution in [0, 0.1) is 10.1 Å². The fourth-order valence-corrected chi connectivity index (χ4v) is 1.74. The molecule has 0 spiro atoms. The van der Waals surface area contributed by atoms with Crippen LogP contribution >= 0.6 is 0 Å². The summed E-state index contributed by atoms with van der Waals surface area (Å²) in [6.45, 7) is -0.637. The number of halogens is 1. The average Bonchev–Trinajstić information content (AvgIpc) is 2.28. The van der Waals surface area contributed by atoms with Crippen molar-refractivity contribution in [2.24, 2.45) is 0 Å². The van der Waals surface area contributed by atoms with E-state index >= 15 is 0 Å². The maximum absolute atomic E-state index is 12.4. The number of hydrogen-bond donors (Lipinski definition) is 1. The second-order valence-electron chi connectivity index (χ2n) is 3.63. The molecule has 6 heteroatoms. The summed E-state index contributed by atoms with van der Waals surface area (Å²) in [6, 6.07) is 3.53. The van der Waals surface area contributed by atoms with E-state index in [-0.39, 0.29) is 11.3 Å². The SMILES string of the molecule is O=C1N[C@H](CF)Cc2ccc([N+](=O)[O-])cc21. The molecule has 0 bridgehead atoms. The zero-order valence-corrected chi connectivity index (χ0v) is 8.27. The number of nitrogens with zero attached hydrogens (tertiary/aromatic N) is 1. The molecule has 5 nitrogen and oxygen atoms in total. The van der Waals surface area contributed by atoms with E-state index in [0.29, 0.717) is 12.0 Å². The summed E-state index contributed by atoms with van der Waals surface area (Å²) in [5.41, 5.74) is 0.781. The topological polar surface area (TPSA) is 72.2 Å². The Balaban J connectivity index is 2.41. The second kappa shape index (κ2) is 3.88. The highest BCUT2D eigenvalue weighted by Gasteiger charge is 2.25. The number of carbonyl (C=O) groups is 1. The first-order valence-electron chi connectivity index (χ1n) is 4.76. The fraction of sp³-hybridized carbons (Fsp3) is 0.300. The molecule has 1 aromatic rings. The molecule has 1 aliphatic heterocycles. The lowest BCUT2D eigenvalue weighted by Crippen LogP contribution is -2.42. The molecule has 84 valence electrons. The van der Waals surface area contributed by atoms with Gasteiger partial charge in [-0.1, -0.05) is 6.07 Å². The Kier molecular flexibility index (Phi) is 2.55. The van der Waals surface area contributed by atoms with Gasteiger partial charge in [-0.3, -0.25) is 14.9 Å². The Morgan fingerprint density at radius 2 is 2.31 bits per heavy atom. The quantitative estimate of drug-likeness (QED) is 0.606. The third kappa shape index (κ3) is 1.73. The van der Waals surface area contributed by atoms with Crippen molar-refractivity contribution in [2.45, 2.75) is 12.5 Å². The van der Waals surface area contributed by atoms with E-state index in [1.807, 2.05) is 0 Å². The molecule has 1 atom stereocenters. The van der Waals surface area contributed by atoms with Crippen LogP contribution in [-0.2, 0) is 6.42 Å². The van der Waals surface area contributed by atoms with Crippen LogP contribution in [0.2, 0.25) is 0 Å². The minimum Gasteiger partial charge on any atom is -0.346 e. The van der Waals surface area contributed by atoms with Gasteiger partial charge in [0.15, 0.2) is 0 Å². The molecule has 0 radical (unpaired) electrons. The van der Waals surface area contributed by atoms with Gasteiger partial charge in [-0.2, -0.15) is 0 Å². The van der Waals surface area contributed by atoms with Gasteiger partial charge in [0.2, 0.25) is 0 Å². The minimum absolute atomic E-state index is 0.132. The van der Waals surface area contributed by atoms with Crippen molar-refractivity contribution >= 4 is 11.6 Å². The number of hydrogen-bond acceptors (Lipinski definition) is 3. The summed E-state index contributed by atoms with van der Waals surface area (Å²) in [7, 11) is 0. The van der Waals surface area contributed by atoms with Crippen molar-refractivity contribution in [3.05, 3.63) is 39.4 Å². The third-order valence-corrected chi connectivity index (χ3v) is 2.54. The number of nitro benzene ring substituents is 1. The van der Waals surface area contributed by atoms with Crippen molar-refractivity contribution < 1.29 is 14.1 Å². The number of benzene rings is 1. The van der Waals surface area contributed by atoms with Gasteiger partial charge in [0.1, 0.15) is 6.67 Å². The molecule has 16 heavy (non-hydrogen) atoms. The lowest BCUT2D eigenvalue weighted by Gasteiger charge is -2.22. The number of non-ortho nitro benzene ring substituents is 1. The lowest BCUT2D eigenvalue weighted by atomic mass is 9.95. The molecule has 0 aromatic heterocycles. The first-order chi connectivity index (χ1) is 7.61. The second-order valence-corrected chi connectivity index (χ2v) is 3.63. The van der Waals surface area contributed by atoms with Gasteiger partial charge in [-0.05, 0) is 12.0 Å². The zero-order valence-electron chi connectivity index (χ0n) is 8.27. The number of nitrogens with one attached hydrogen (secondary N) is 1. The van der Waals surface area contributed by atoms with Gasteiger partial charge in [0.25, 0.3) is 11.6 Å². The van der Waals surface area contributed by atoms with Crippen LogP contribution in [0.4, 0.5) is 10.1 Å². The van der Waals surface area contributed by atoms with Gasteiger partial charge < -0.3 is 5.32 Å². The molecule has 1 amide bonds. The molecule has 0 fully saturated rings. The average molecular weight is 224 g/mol. The van der Waals surface area contributed by atoms with Gasteiger partial charge in [-0.25, -0.2) is 4.39 Å². The van der Waals surface area contributed by atoms with Crippen LogP contribution in [0.15, 0.2) is 18.2 Å². The van der Waals surface area contributed by atoms with Crippen LogP contribution < -0.4 is 5.32 Å². The van der Waals surface area contributed by atoms with Gasteiger partial charge in [0, 0.05) is 17.7 Å². The summed E-state index contributed by atoms with van der Waals surface area (Å²) in [6.07, 6.45) is 0.371. The molecule has 1 heterocycles. The largest absolute Gasteiger partial charge is 0.346 e. The number of amides is 1. The summed E-state index contributed by atoms with van der Waals surface area (Å²) in [5.74, 6) is -0.451. The first kappa shape index (κ1) is 10.5. The monoisotopic (exact) mass is 224 g/mol.